The Bertz CT molecular complexity index is 184. The Morgan fingerprint density at radius 3 is 3.43 bits per heavy atom. The van der Waals surface area contributed by atoms with Gasteiger partial charge in [-0.25, -0.2) is 0 Å². The molecule has 30 valence electrons. The van der Waals surface area contributed by atoms with E-state index >= 15 is 0 Å². The van der Waals surface area contributed by atoms with Gasteiger partial charge in [-0.1, -0.05) is 0 Å². The summed E-state index contributed by atoms with van der Waals surface area (Å²) < 4.78 is 0. The smallest absolute Gasteiger partial charge is 0.0382 e. The van der Waals surface area contributed by atoms with E-state index in [9.17, 15) is 0 Å². The van der Waals surface area contributed by atoms with Gasteiger partial charge in [0.05, 0.1) is 0 Å². The number of hydrogen-bond acceptors (Lipinski definition) is 0. The highest BCUT2D eigenvalue weighted by molar-refractivity contribution is 4.93. The first kappa shape index (κ1) is 3.94. The average molecular weight is 87.1 g/mol. The van der Waals surface area contributed by atoms with Crippen molar-refractivity contribution in [3.05, 3.63) is 35.1 Å². The fourth-order valence-corrected chi connectivity index (χ4v) is 0.316. The van der Waals surface area contributed by atoms with Crippen molar-refractivity contribution in [1.29, 1.82) is 0 Å². The Kier molecular flexibility index (Phi) is 1.15. The van der Waals surface area contributed by atoms with Crippen LogP contribution in [0.15, 0.2) is 29.0 Å². The topological polar surface area (TPSA) is 0 Å². The molecule has 0 atom stereocenters. The lowest BCUT2D eigenvalue weighted by Gasteiger charge is -1.52. The summed E-state index contributed by atoms with van der Waals surface area (Å²) in [4.78, 5) is 0. The minimum atomic E-state index is 0.778. The molecule has 1 aliphatic rings. The fourth-order valence-electron chi connectivity index (χ4n) is 0.316. The molecule has 0 radical (unpaired) electrons. The molecule has 0 fully saturated rings. The van der Waals surface area contributed by atoms with E-state index in [2.05, 4.69) is 29.0 Å². The van der Waals surface area contributed by atoms with Crippen LogP contribution >= 0.6 is 0 Å². The zero-order valence-corrected chi connectivity index (χ0v) is 3.78. The zero-order valence-electron chi connectivity index (χ0n) is 3.78. The van der Waals surface area contributed by atoms with E-state index in [1.165, 1.54) is 0 Å². The van der Waals surface area contributed by atoms with Crippen LogP contribution in [0.25, 0.3) is 0 Å². The van der Waals surface area contributed by atoms with Gasteiger partial charge < -0.3 is 0 Å². The molecule has 0 unspecified atom stereocenters. The molecule has 7 heavy (non-hydrogen) atoms. The molecule has 0 amide bonds. The summed E-state index contributed by atoms with van der Waals surface area (Å²) in [6, 6.07) is 0. The van der Waals surface area contributed by atoms with E-state index in [4.69, 9.17) is 0 Å². The van der Waals surface area contributed by atoms with Crippen molar-refractivity contribution in [1.82, 2.24) is 0 Å². The lowest BCUT2D eigenvalue weighted by molar-refractivity contribution is 1.36. The maximum Gasteiger partial charge on any atom is 0.227 e. The van der Waals surface area contributed by atoms with Gasteiger partial charge in [0.15, 0.2) is 0 Å². The molecule has 1 rings (SSSR count). The molecule has 0 bridgehead atoms. The number of hydrogen-bond donors (Lipinski definition) is 0. The molecule has 0 N–H and O–H groups in total. The van der Waals surface area contributed by atoms with Gasteiger partial charge in [0.25, 0.3) is 0 Å². The number of allylic oxidation sites excluding steroid dienone is 2. The predicted molar refractivity (Wildman–Crippen MR) is 26.5 cm³/mol. The second-order valence-corrected chi connectivity index (χ2v) is 1.10. The summed E-state index contributed by atoms with van der Waals surface area (Å²) in [6.45, 7) is 0. The summed E-state index contributed by atoms with van der Waals surface area (Å²) in [5.74, 6) is 0. The van der Waals surface area contributed by atoms with Crippen molar-refractivity contribution in [3.8, 4) is 0 Å². The van der Waals surface area contributed by atoms with Crippen LogP contribution in [0.2, 0.25) is 0 Å². The monoisotopic (exact) mass is 87.0 g/mol. The maximum atomic E-state index is 2.81. The minimum absolute atomic E-state index is 0.778. The summed E-state index contributed by atoms with van der Waals surface area (Å²) >= 11 is 0. The summed E-state index contributed by atoms with van der Waals surface area (Å²) in [7, 11) is 0. The van der Waals surface area contributed by atoms with Crippen LogP contribution in [-0.4, -0.2) is 0 Å². The van der Waals surface area contributed by atoms with E-state index in [1.54, 1.807) is 0 Å². The Hall–Kier alpha value is -1.23. The highest BCUT2D eigenvalue weighted by Gasteiger charge is 1.76. The molecule has 0 saturated heterocycles. The lowest BCUT2D eigenvalue weighted by atomic mass is 10.4. The lowest BCUT2D eigenvalue weighted by Crippen LogP contribution is -1.47. The molecule has 0 spiro atoms. The van der Waals surface area contributed by atoms with Gasteiger partial charge >= 0.3 is 0 Å². The summed E-state index contributed by atoms with van der Waals surface area (Å²) in [6.07, 6.45) is 5.41. The first-order valence-corrected chi connectivity index (χ1v) is 2.05. The van der Waals surface area contributed by atoms with E-state index in [-0.39, 0.29) is 0 Å². The number of rotatable bonds is 0. The second-order valence-electron chi connectivity index (χ2n) is 1.10. The van der Waals surface area contributed by atoms with Gasteiger partial charge in [0.2, 0.25) is 11.5 Å². The second kappa shape index (κ2) is 2.04. The molecular formula is C7H3+. The van der Waals surface area contributed by atoms with Gasteiger partial charge in [0, 0.05) is 6.08 Å². The van der Waals surface area contributed by atoms with Crippen LogP contribution in [0.1, 0.15) is 6.42 Å². The first-order chi connectivity index (χ1) is 3.50. The van der Waals surface area contributed by atoms with Crippen LogP contribution < -0.4 is 0 Å². The normalized spacial score (nSPS) is 11.4. The van der Waals surface area contributed by atoms with Gasteiger partial charge in [-0.3, -0.25) is 0 Å². The van der Waals surface area contributed by atoms with Crippen LogP contribution in [0.4, 0.5) is 0 Å². The Morgan fingerprint density at radius 2 is 2.43 bits per heavy atom. The Labute approximate surface area is 42.5 Å². The molecule has 0 saturated carbocycles. The fraction of sp³-hybridized carbons (Fsp3) is 0.143. The van der Waals surface area contributed by atoms with Crippen LogP contribution in [0, 0.1) is 6.08 Å². The van der Waals surface area contributed by atoms with E-state index in [0.29, 0.717) is 0 Å². The van der Waals surface area contributed by atoms with Gasteiger partial charge in [-0.2, -0.15) is 0 Å². The largest absolute Gasteiger partial charge is 0.227 e. The summed E-state index contributed by atoms with van der Waals surface area (Å²) in [5.41, 5.74) is 10.6. The van der Waals surface area contributed by atoms with Crippen molar-refractivity contribution in [3.63, 3.8) is 0 Å². The molecule has 0 heterocycles. The first-order valence-electron chi connectivity index (χ1n) is 2.05. The SMILES string of the molecule is C1=C=C=CC[C+]=C=1. The highest BCUT2D eigenvalue weighted by atomic mass is 13.7. The minimum Gasteiger partial charge on any atom is -0.0382 e. The van der Waals surface area contributed by atoms with Crippen molar-refractivity contribution in [2.45, 2.75) is 6.42 Å². The third-order valence-corrected chi connectivity index (χ3v) is 0.592. The maximum absolute atomic E-state index is 2.81. The molecule has 0 nitrogen and oxygen atoms in total. The van der Waals surface area contributed by atoms with Gasteiger partial charge in [-0.05, 0) is 5.73 Å². The van der Waals surface area contributed by atoms with Crippen molar-refractivity contribution in [2.75, 3.05) is 0 Å². The quantitative estimate of drug-likeness (QED) is 0.309. The molecule has 0 aromatic carbocycles. The van der Waals surface area contributed by atoms with Crippen LogP contribution in [0.3, 0.4) is 0 Å². The van der Waals surface area contributed by atoms with Gasteiger partial charge in [-0.15, -0.1) is 0 Å². The highest BCUT2D eigenvalue weighted by Crippen LogP contribution is 1.79. The van der Waals surface area contributed by atoms with E-state index < -0.39 is 0 Å². The average Bonchev–Trinajstić information content (AvgIpc) is 1.90. The van der Waals surface area contributed by atoms with E-state index in [1.807, 2.05) is 6.08 Å². The molecule has 0 aromatic heterocycles. The van der Waals surface area contributed by atoms with Crippen molar-refractivity contribution in [2.24, 2.45) is 0 Å². The zero-order chi connectivity index (χ0) is 4.95. The molecular weight excluding hydrogens is 84.1 g/mol. The van der Waals surface area contributed by atoms with Crippen LogP contribution in [0.5, 0.6) is 0 Å². The van der Waals surface area contributed by atoms with E-state index in [0.717, 1.165) is 6.42 Å². The summed E-state index contributed by atoms with van der Waals surface area (Å²) in [5, 5.41) is 0. The predicted octanol–water partition coefficient (Wildman–Crippen LogP) is 1.37. The van der Waals surface area contributed by atoms with Crippen LogP contribution in [-0.2, 0) is 0 Å². The van der Waals surface area contributed by atoms with Crippen molar-refractivity contribution >= 4 is 0 Å². The third-order valence-electron chi connectivity index (χ3n) is 0.592. The van der Waals surface area contributed by atoms with Gasteiger partial charge in [0.1, 0.15) is 18.2 Å². The Balaban J connectivity index is 3.34. The third kappa shape index (κ3) is 1.10. The molecule has 0 heteroatoms. The molecule has 0 aromatic rings. The molecule has 1 aliphatic carbocycles. The molecule has 0 aliphatic heterocycles. The Morgan fingerprint density at radius 1 is 1.43 bits per heavy atom. The van der Waals surface area contributed by atoms with Crippen molar-refractivity contribution < 1.29 is 0 Å². The standard InChI is InChI=1S/C7H3/c1-2-4-6-7-5-3-1/h1H,2H2/q+1.